The first-order valence-electron chi connectivity index (χ1n) is 2.85. The standard InChI is InChI=1S/C5H11NO2/c7-3-4-1-5(8)2-6-4/h4-8H,1-3H2/t4-,5+/m1/s1. The molecular formula is C5H11NO2. The zero-order chi connectivity index (χ0) is 5.98. The maximum absolute atomic E-state index is 8.86. The third-order valence-electron chi connectivity index (χ3n) is 1.42. The molecule has 3 N–H and O–H groups in total. The Morgan fingerprint density at radius 2 is 2.38 bits per heavy atom. The van der Waals surface area contributed by atoms with E-state index in [1.54, 1.807) is 0 Å². The van der Waals surface area contributed by atoms with Crippen LogP contribution >= 0.6 is 0 Å². The van der Waals surface area contributed by atoms with E-state index in [0.717, 1.165) is 0 Å². The van der Waals surface area contributed by atoms with Gasteiger partial charge in [0.05, 0.1) is 12.7 Å². The minimum atomic E-state index is -0.243. The Morgan fingerprint density at radius 3 is 2.62 bits per heavy atom. The molecule has 3 heteroatoms. The number of hydrogen-bond acceptors (Lipinski definition) is 3. The van der Waals surface area contributed by atoms with Crippen molar-refractivity contribution in [3.63, 3.8) is 0 Å². The molecule has 0 spiro atoms. The molecule has 0 saturated carbocycles. The summed E-state index contributed by atoms with van der Waals surface area (Å²) in [5.41, 5.74) is 0. The van der Waals surface area contributed by atoms with Crippen molar-refractivity contribution in [2.45, 2.75) is 18.6 Å². The molecule has 1 fully saturated rings. The first-order valence-corrected chi connectivity index (χ1v) is 2.85. The van der Waals surface area contributed by atoms with Gasteiger partial charge < -0.3 is 15.5 Å². The van der Waals surface area contributed by atoms with Crippen molar-refractivity contribution in [3.05, 3.63) is 0 Å². The van der Waals surface area contributed by atoms with Gasteiger partial charge in [0.25, 0.3) is 0 Å². The Bertz CT molecular complexity index is 76.8. The molecular weight excluding hydrogens is 106 g/mol. The summed E-state index contributed by atoms with van der Waals surface area (Å²) in [4.78, 5) is 0. The lowest BCUT2D eigenvalue weighted by molar-refractivity contribution is 0.184. The third kappa shape index (κ3) is 1.18. The van der Waals surface area contributed by atoms with Crippen LogP contribution in [0.15, 0.2) is 0 Å². The van der Waals surface area contributed by atoms with Crippen LogP contribution in [-0.2, 0) is 0 Å². The van der Waals surface area contributed by atoms with E-state index in [1.165, 1.54) is 0 Å². The molecule has 0 radical (unpaired) electrons. The van der Waals surface area contributed by atoms with Gasteiger partial charge in [-0.2, -0.15) is 0 Å². The van der Waals surface area contributed by atoms with Crippen molar-refractivity contribution in [1.82, 2.24) is 5.32 Å². The summed E-state index contributed by atoms with van der Waals surface area (Å²) in [6.07, 6.45) is 0.448. The van der Waals surface area contributed by atoms with E-state index in [4.69, 9.17) is 10.2 Å². The fourth-order valence-electron chi connectivity index (χ4n) is 0.937. The van der Waals surface area contributed by atoms with Crippen LogP contribution in [0.2, 0.25) is 0 Å². The minimum Gasteiger partial charge on any atom is -0.395 e. The minimum absolute atomic E-state index is 0.130. The molecule has 0 aromatic rings. The van der Waals surface area contributed by atoms with E-state index < -0.39 is 0 Å². The smallest absolute Gasteiger partial charge is 0.0680 e. The Balaban J connectivity index is 2.22. The molecule has 1 aliphatic rings. The lowest BCUT2D eigenvalue weighted by Gasteiger charge is -2.01. The number of aliphatic hydroxyl groups is 2. The van der Waals surface area contributed by atoms with E-state index in [9.17, 15) is 0 Å². The summed E-state index contributed by atoms with van der Waals surface area (Å²) in [7, 11) is 0. The van der Waals surface area contributed by atoms with Crippen molar-refractivity contribution in [1.29, 1.82) is 0 Å². The second-order valence-electron chi connectivity index (χ2n) is 2.18. The lowest BCUT2D eigenvalue weighted by Crippen LogP contribution is -2.24. The van der Waals surface area contributed by atoms with Crippen LogP contribution in [0, 0.1) is 0 Å². The summed E-state index contributed by atoms with van der Waals surface area (Å²) < 4.78 is 0. The second-order valence-corrected chi connectivity index (χ2v) is 2.18. The van der Waals surface area contributed by atoms with Gasteiger partial charge in [0.2, 0.25) is 0 Å². The van der Waals surface area contributed by atoms with Gasteiger partial charge in [-0.15, -0.1) is 0 Å². The molecule has 0 amide bonds. The normalized spacial score (nSPS) is 38.2. The van der Waals surface area contributed by atoms with Gasteiger partial charge >= 0.3 is 0 Å². The number of rotatable bonds is 1. The van der Waals surface area contributed by atoms with Gasteiger partial charge in [0, 0.05) is 12.6 Å². The molecule has 8 heavy (non-hydrogen) atoms. The first kappa shape index (κ1) is 6.01. The van der Waals surface area contributed by atoms with Gasteiger partial charge in [-0.1, -0.05) is 0 Å². The average molecular weight is 117 g/mol. The first-order chi connectivity index (χ1) is 3.83. The summed E-state index contributed by atoms with van der Waals surface area (Å²) in [6, 6.07) is 0.130. The molecule has 1 heterocycles. The number of aliphatic hydroxyl groups excluding tert-OH is 2. The predicted octanol–water partition coefficient (Wildman–Crippen LogP) is -1.30. The quantitative estimate of drug-likeness (QED) is 0.400. The highest BCUT2D eigenvalue weighted by atomic mass is 16.3. The topological polar surface area (TPSA) is 52.5 Å². The highest BCUT2D eigenvalue weighted by Gasteiger charge is 2.20. The van der Waals surface area contributed by atoms with Crippen LogP contribution in [0.3, 0.4) is 0 Å². The maximum Gasteiger partial charge on any atom is 0.0680 e. The second kappa shape index (κ2) is 2.44. The van der Waals surface area contributed by atoms with E-state index in [0.29, 0.717) is 13.0 Å². The van der Waals surface area contributed by atoms with Gasteiger partial charge in [0.15, 0.2) is 0 Å². The Morgan fingerprint density at radius 1 is 1.62 bits per heavy atom. The van der Waals surface area contributed by atoms with Gasteiger partial charge in [0.1, 0.15) is 0 Å². The molecule has 0 aliphatic carbocycles. The highest BCUT2D eigenvalue weighted by Crippen LogP contribution is 2.03. The number of hydrogen-bond donors (Lipinski definition) is 3. The van der Waals surface area contributed by atoms with Gasteiger partial charge in [-0.25, -0.2) is 0 Å². The monoisotopic (exact) mass is 117 g/mol. The lowest BCUT2D eigenvalue weighted by atomic mass is 10.2. The van der Waals surface area contributed by atoms with Gasteiger partial charge in [-0.3, -0.25) is 0 Å². The summed E-state index contributed by atoms with van der Waals surface area (Å²) in [5, 5.41) is 20.3. The Labute approximate surface area is 48.3 Å². The SMILES string of the molecule is OC[C@H]1C[C@H](O)CN1. The van der Waals surface area contributed by atoms with Crippen molar-refractivity contribution >= 4 is 0 Å². The molecule has 1 saturated heterocycles. The van der Waals surface area contributed by atoms with Crippen LogP contribution in [0.4, 0.5) is 0 Å². The Hall–Kier alpha value is -0.120. The summed E-state index contributed by atoms with van der Waals surface area (Å²) in [6.45, 7) is 0.766. The highest BCUT2D eigenvalue weighted by molar-refractivity contribution is 4.79. The van der Waals surface area contributed by atoms with E-state index in [-0.39, 0.29) is 18.8 Å². The Kier molecular flexibility index (Phi) is 1.83. The number of β-amino-alcohol motifs (C(OH)–C–C–N with tert-alkyl or cyclic N) is 1. The van der Waals surface area contributed by atoms with E-state index in [1.807, 2.05) is 0 Å². The van der Waals surface area contributed by atoms with Crippen LogP contribution in [0.1, 0.15) is 6.42 Å². The summed E-state index contributed by atoms with van der Waals surface area (Å²) >= 11 is 0. The molecule has 0 aromatic carbocycles. The van der Waals surface area contributed by atoms with Crippen molar-refractivity contribution in [2.75, 3.05) is 13.2 Å². The summed E-state index contributed by atoms with van der Waals surface area (Å²) in [5.74, 6) is 0. The van der Waals surface area contributed by atoms with E-state index in [2.05, 4.69) is 5.32 Å². The molecule has 1 aliphatic heterocycles. The number of nitrogens with one attached hydrogen (secondary N) is 1. The van der Waals surface area contributed by atoms with Crippen LogP contribution in [0.25, 0.3) is 0 Å². The van der Waals surface area contributed by atoms with Crippen LogP contribution in [0.5, 0.6) is 0 Å². The fourth-order valence-corrected chi connectivity index (χ4v) is 0.937. The third-order valence-corrected chi connectivity index (χ3v) is 1.42. The van der Waals surface area contributed by atoms with Crippen molar-refractivity contribution in [3.8, 4) is 0 Å². The van der Waals surface area contributed by atoms with Crippen LogP contribution in [-0.4, -0.2) is 35.5 Å². The van der Waals surface area contributed by atoms with Crippen LogP contribution < -0.4 is 5.32 Å². The molecule has 0 unspecified atom stereocenters. The zero-order valence-electron chi connectivity index (χ0n) is 4.67. The van der Waals surface area contributed by atoms with Crippen molar-refractivity contribution < 1.29 is 10.2 Å². The fraction of sp³-hybridized carbons (Fsp3) is 1.00. The zero-order valence-corrected chi connectivity index (χ0v) is 4.67. The van der Waals surface area contributed by atoms with Crippen molar-refractivity contribution in [2.24, 2.45) is 0 Å². The molecule has 0 bridgehead atoms. The largest absolute Gasteiger partial charge is 0.395 e. The van der Waals surface area contributed by atoms with Gasteiger partial charge in [-0.05, 0) is 6.42 Å². The van der Waals surface area contributed by atoms with E-state index >= 15 is 0 Å². The maximum atomic E-state index is 8.86. The molecule has 1 rings (SSSR count). The molecule has 48 valence electrons. The molecule has 3 nitrogen and oxygen atoms in total. The molecule has 2 atom stereocenters. The average Bonchev–Trinajstić information content (AvgIpc) is 2.14. The molecule has 0 aromatic heterocycles. The predicted molar refractivity (Wildman–Crippen MR) is 29.5 cm³/mol.